The van der Waals surface area contributed by atoms with Crippen LogP contribution in [-0.4, -0.2) is 42.0 Å². The van der Waals surface area contributed by atoms with E-state index in [9.17, 15) is 14.0 Å². The van der Waals surface area contributed by atoms with Gasteiger partial charge in [0.15, 0.2) is 12.3 Å². The number of benzene rings is 2. The van der Waals surface area contributed by atoms with Gasteiger partial charge in [0, 0.05) is 6.07 Å². The molecular weight excluding hydrogens is 453 g/mol. The quantitative estimate of drug-likeness (QED) is 0.391. The minimum Gasteiger partial charge on any atom is -0.484 e. The first-order valence-corrected chi connectivity index (χ1v) is 10.7. The molecule has 0 bridgehead atoms. The van der Waals surface area contributed by atoms with E-state index in [2.05, 4.69) is 25.5 Å². The topological polar surface area (TPSA) is 120 Å². The molecule has 5 aromatic rings. The SMILES string of the molecule is Cc1ccc(OCC(=O)Nc2cc(C)nn2-c2nc3c(cnn3-c3ccc(F)cc3)c(=O)[nH]2)cc1. The number of nitrogens with zero attached hydrogens (tertiary/aromatic N) is 5. The van der Waals surface area contributed by atoms with Gasteiger partial charge in [-0.15, -0.1) is 0 Å². The maximum absolute atomic E-state index is 13.4. The van der Waals surface area contributed by atoms with Crippen LogP contribution in [0, 0.1) is 19.7 Å². The summed E-state index contributed by atoms with van der Waals surface area (Å²) < 4.78 is 21.6. The molecule has 0 unspecified atom stereocenters. The number of nitrogens with one attached hydrogen (secondary N) is 2. The van der Waals surface area contributed by atoms with Crippen LogP contribution in [-0.2, 0) is 4.79 Å². The molecule has 0 saturated carbocycles. The van der Waals surface area contributed by atoms with Crippen LogP contribution < -0.4 is 15.6 Å². The Balaban J connectivity index is 1.44. The number of carbonyl (C=O) groups excluding carboxylic acids is 1. The van der Waals surface area contributed by atoms with E-state index in [1.165, 1.54) is 39.8 Å². The highest BCUT2D eigenvalue weighted by molar-refractivity contribution is 5.91. The van der Waals surface area contributed by atoms with Crippen molar-refractivity contribution in [2.45, 2.75) is 13.8 Å². The third-order valence-corrected chi connectivity index (χ3v) is 5.19. The van der Waals surface area contributed by atoms with Crippen molar-refractivity contribution >= 4 is 22.8 Å². The van der Waals surface area contributed by atoms with Crippen molar-refractivity contribution in [2.24, 2.45) is 0 Å². The average molecular weight is 473 g/mol. The molecule has 176 valence electrons. The number of rotatable bonds is 6. The number of fused-ring (bicyclic) bond motifs is 1. The van der Waals surface area contributed by atoms with E-state index in [1.807, 2.05) is 19.1 Å². The Hall–Kier alpha value is -4.80. The summed E-state index contributed by atoms with van der Waals surface area (Å²) >= 11 is 0. The molecule has 0 atom stereocenters. The molecule has 0 fully saturated rings. The van der Waals surface area contributed by atoms with Crippen molar-refractivity contribution in [1.82, 2.24) is 29.5 Å². The van der Waals surface area contributed by atoms with Crippen molar-refractivity contribution in [1.29, 1.82) is 0 Å². The second-order valence-corrected chi connectivity index (χ2v) is 7.89. The van der Waals surface area contributed by atoms with Gasteiger partial charge in [0.2, 0.25) is 5.95 Å². The minimum absolute atomic E-state index is 0.0780. The van der Waals surface area contributed by atoms with Crippen LogP contribution in [0.15, 0.2) is 65.6 Å². The lowest BCUT2D eigenvalue weighted by Crippen LogP contribution is -2.23. The number of H-pyrrole nitrogens is 1. The van der Waals surface area contributed by atoms with E-state index >= 15 is 0 Å². The number of anilines is 1. The summed E-state index contributed by atoms with van der Waals surface area (Å²) in [5.41, 5.74) is 2.02. The largest absolute Gasteiger partial charge is 0.484 e. The molecule has 0 aliphatic carbocycles. The number of aromatic nitrogens is 6. The van der Waals surface area contributed by atoms with Crippen LogP contribution in [0.5, 0.6) is 5.75 Å². The number of halogens is 1. The van der Waals surface area contributed by atoms with Crippen LogP contribution in [0.3, 0.4) is 0 Å². The number of carbonyl (C=O) groups is 1. The molecule has 3 heterocycles. The van der Waals surface area contributed by atoms with E-state index in [1.54, 1.807) is 25.1 Å². The molecule has 3 aromatic heterocycles. The zero-order valence-electron chi connectivity index (χ0n) is 18.8. The van der Waals surface area contributed by atoms with Crippen molar-refractivity contribution in [2.75, 3.05) is 11.9 Å². The summed E-state index contributed by atoms with van der Waals surface area (Å²) in [6.07, 6.45) is 1.38. The monoisotopic (exact) mass is 473 g/mol. The van der Waals surface area contributed by atoms with E-state index in [0.29, 0.717) is 22.9 Å². The molecule has 10 nitrogen and oxygen atoms in total. The fraction of sp³-hybridized carbons (Fsp3) is 0.125. The fourth-order valence-electron chi connectivity index (χ4n) is 3.49. The highest BCUT2D eigenvalue weighted by Crippen LogP contribution is 2.18. The van der Waals surface area contributed by atoms with Gasteiger partial charge < -0.3 is 10.1 Å². The molecule has 0 spiro atoms. The van der Waals surface area contributed by atoms with Crippen LogP contribution in [0.25, 0.3) is 22.7 Å². The number of hydrogen-bond acceptors (Lipinski definition) is 6. The third-order valence-electron chi connectivity index (χ3n) is 5.19. The summed E-state index contributed by atoms with van der Waals surface area (Å²) in [6, 6.07) is 14.6. The molecule has 0 radical (unpaired) electrons. The average Bonchev–Trinajstić information content (AvgIpc) is 3.43. The maximum atomic E-state index is 13.4. The van der Waals surface area contributed by atoms with Gasteiger partial charge >= 0.3 is 0 Å². The van der Waals surface area contributed by atoms with Gasteiger partial charge in [-0.3, -0.25) is 14.6 Å². The highest BCUT2D eigenvalue weighted by atomic mass is 19.1. The predicted molar refractivity (Wildman–Crippen MR) is 127 cm³/mol. The lowest BCUT2D eigenvalue weighted by molar-refractivity contribution is -0.118. The summed E-state index contributed by atoms with van der Waals surface area (Å²) in [4.78, 5) is 32.5. The molecule has 11 heteroatoms. The molecule has 1 amide bonds. The molecule has 2 N–H and O–H groups in total. The standard InChI is InChI=1S/C24H20FN7O3/c1-14-3-9-18(10-4-14)35-13-21(33)27-20-11-15(2)30-32(20)24-28-22-19(23(34)29-24)12-26-31(22)17-7-5-16(25)6-8-17/h3-12H,13H2,1-2H3,(H,27,33)(H,28,29,34). The number of ether oxygens (including phenoxy) is 1. The van der Waals surface area contributed by atoms with Gasteiger partial charge in [0.1, 0.15) is 22.8 Å². The van der Waals surface area contributed by atoms with Gasteiger partial charge in [-0.1, -0.05) is 17.7 Å². The normalized spacial score (nSPS) is 11.1. The van der Waals surface area contributed by atoms with Crippen LogP contribution in [0.1, 0.15) is 11.3 Å². The van der Waals surface area contributed by atoms with Crippen molar-refractivity contribution < 1.29 is 13.9 Å². The van der Waals surface area contributed by atoms with E-state index < -0.39 is 17.3 Å². The van der Waals surface area contributed by atoms with Crippen molar-refractivity contribution in [3.8, 4) is 17.4 Å². The number of hydrogen-bond donors (Lipinski definition) is 2. The fourth-order valence-corrected chi connectivity index (χ4v) is 3.49. The molecule has 0 aliphatic rings. The number of aromatic amines is 1. The Morgan fingerprint density at radius 2 is 1.83 bits per heavy atom. The van der Waals surface area contributed by atoms with Gasteiger partial charge in [-0.05, 0) is 50.2 Å². The smallest absolute Gasteiger partial charge is 0.263 e. The van der Waals surface area contributed by atoms with E-state index in [0.717, 1.165) is 5.56 Å². The highest BCUT2D eigenvalue weighted by Gasteiger charge is 2.17. The molecular formula is C24H20FN7O3. The molecule has 0 aliphatic heterocycles. The lowest BCUT2D eigenvalue weighted by atomic mass is 10.2. The number of aryl methyl sites for hydroxylation is 2. The third kappa shape index (κ3) is 4.51. The zero-order chi connectivity index (χ0) is 24.5. The zero-order valence-corrected chi connectivity index (χ0v) is 18.8. The first-order chi connectivity index (χ1) is 16.9. The summed E-state index contributed by atoms with van der Waals surface area (Å²) in [5.74, 6) is 0.146. The Kier molecular flexibility index (Phi) is 5.57. The second-order valence-electron chi connectivity index (χ2n) is 7.89. The molecule has 5 rings (SSSR count). The van der Waals surface area contributed by atoms with Gasteiger partial charge in [0.25, 0.3) is 11.5 Å². The Morgan fingerprint density at radius 1 is 1.09 bits per heavy atom. The van der Waals surface area contributed by atoms with Gasteiger partial charge in [-0.2, -0.15) is 19.9 Å². The predicted octanol–water partition coefficient (Wildman–Crippen LogP) is 3.07. The van der Waals surface area contributed by atoms with Crippen LogP contribution in [0.2, 0.25) is 0 Å². The van der Waals surface area contributed by atoms with Gasteiger partial charge in [-0.25, -0.2) is 9.07 Å². The number of amides is 1. The van der Waals surface area contributed by atoms with Crippen molar-refractivity contribution in [3.63, 3.8) is 0 Å². The maximum Gasteiger partial charge on any atom is 0.263 e. The molecule has 0 saturated heterocycles. The van der Waals surface area contributed by atoms with E-state index in [4.69, 9.17) is 4.74 Å². The van der Waals surface area contributed by atoms with E-state index in [-0.39, 0.29) is 23.6 Å². The molecule has 2 aromatic carbocycles. The van der Waals surface area contributed by atoms with Gasteiger partial charge in [0.05, 0.1) is 17.6 Å². The minimum atomic E-state index is -0.438. The summed E-state index contributed by atoms with van der Waals surface area (Å²) in [7, 11) is 0. The lowest BCUT2D eigenvalue weighted by Gasteiger charge is -2.10. The molecule has 35 heavy (non-hydrogen) atoms. The second kappa shape index (κ2) is 8.86. The Morgan fingerprint density at radius 3 is 2.57 bits per heavy atom. The van der Waals surface area contributed by atoms with Crippen molar-refractivity contribution in [3.05, 3.63) is 88.2 Å². The van der Waals surface area contributed by atoms with Crippen LogP contribution >= 0.6 is 0 Å². The Bertz CT molecular complexity index is 1580. The first-order valence-electron chi connectivity index (χ1n) is 10.7. The summed E-state index contributed by atoms with van der Waals surface area (Å²) in [5, 5.41) is 11.6. The Labute approximate surface area is 198 Å². The summed E-state index contributed by atoms with van der Waals surface area (Å²) in [6.45, 7) is 3.49. The van der Waals surface area contributed by atoms with Crippen LogP contribution in [0.4, 0.5) is 10.2 Å². The first kappa shape index (κ1) is 22.0.